The van der Waals surface area contributed by atoms with Gasteiger partial charge in [0.25, 0.3) is 23.6 Å². The zero-order valence-electron chi connectivity index (χ0n) is 12.2. The molecule has 2 aliphatic heterocycles. The zero-order valence-corrected chi connectivity index (χ0v) is 12.2. The van der Waals surface area contributed by atoms with Crippen molar-refractivity contribution < 1.29 is 19.2 Å². The highest BCUT2D eigenvalue weighted by atomic mass is 16.2. The van der Waals surface area contributed by atoms with Gasteiger partial charge in [-0.25, -0.2) is 0 Å². The molecular weight excluding hydrogens is 296 g/mol. The van der Waals surface area contributed by atoms with E-state index in [2.05, 4.69) is 0 Å². The highest BCUT2D eigenvalue weighted by Gasteiger charge is 2.40. The van der Waals surface area contributed by atoms with Crippen molar-refractivity contribution in [1.82, 2.24) is 9.80 Å². The number of rotatable bonds is 5. The van der Waals surface area contributed by atoms with Gasteiger partial charge in [0.05, 0.1) is 0 Å². The Labute approximate surface area is 132 Å². The van der Waals surface area contributed by atoms with Gasteiger partial charge in [0.15, 0.2) is 0 Å². The van der Waals surface area contributed by atoms with E-state index in [9.17, 15) is 19.2 Å². The van der Waals surface area contributed by atoms with Gasteiger partial charge in [-0.15, -0.1) is 0 Å². The third-order valence-electron chi connectivity index (χ3n) is 3.82. The summed E-state index contributed by atoms with van der Waals surface area (Å²) in [5.41, 5.74) is 0.997. The van der Waals surface area contributed by atoms with Crippen LogP contribution in [-0.4, -0.2) is 39.6 Å². The lowest BCUT2D eigenvalue weighted by atomic mass is 10.1. The molecule has 0 bridgehead atoms. The number of amides is 4. The molecular formula is C17H14N2O4. The molecule has 23 heavy (non-hydrogen) atoms. The number of carbonyl (C=O) groups is 4. The molecule has 116 valence electrons. The van der Waals surface area contributed by atoms with Crippen LogP contribution in [0.15, 0.2) is 54.6 Å². The van der Waals surface area contributed by atoms with Gasteiger partial charge in [0, 0.05) is 24.3 Å². The van der Waals surface area contributed by atoms with Crippen LogP contribution in [0.1, 0.15) is 12.0 Å². The Morgan fingerprint density at radius 3 is 1.57 bits per heavy atom. The summed E-state index contributed by atoms with van der Waals surface area (Å²) >= 11 is 0. The fourth-order valence-corrected chi connectivity index (χ4v) is 2.73. The molecule has 1 aromatic carbocycles. The first-order valence-corrected chi connectivity index (χ1v) is 7.22. The van der Waals surface area contributed by atoms with Crippen molar-refractivity contribution >= 4 is 23.6 Å². The van der Waals surface area contributed by atoms with Crippen LogP contribution in [0.4, 0.5) is 0 Å². The number of carbonyl (C=O) groups excluding carboxylic acids is 4. The quantitative estimate of drug-likeness (QED) is 0.754. The van der Waals surface area contributed by atoms with Gasteiger partial charge in [-0.1, -0.05) is 30.3 Å². The summed E-state index contributed by atoms with van der Waals surface area (Å²) in [6.07, 6.45) is 4.50. The van der Waals surface area contributed by atoms with Gasteiger partial charge in [-0.3, -0.25) is 29.0 Å². The Hall–Kier alpha value is -3.02. The third-order valence-corrected chi connectivity index (χ3v) is 3.82. The Kier molecular flexibility index (Phi) is 3.89. The summed E-state index contributed by atoms with van der Waals surface area (Å²) in [4.78, 5) is 49.8. The fourth-order valence-electron chi connectivity index (χ4n) is 2.73. The van der Waals surface area contributed by atoms with Crippen LogP contribution in [0.5, 0.6) is 0 Å². The van der Waals surface area contributed by atoms with Crippen molar-refractivity contribution in [2.75, 3.05) is 0 Å². The normalized spacial score (nSPS) is 17.3. The van der Waals surface area contributed by atoms with E-state index in [1.54, 1.807) is 0 Å². The molecule has 0 radical (unpaired) electrons. The molecule has 2 aliphatic rings. The van der Waals surface area contributed by atoms with Crippen molar-refractivity contribution in [3.63, 3.8) is 0 Å². The van der Waals surface area contributed by atoms with Crippen LogP contribution in [0.25, 0.3) is 0 Å². The second kappa shape index (κ2) is 6.00. The van der Waals surface area contributed by atoms with Crippen molar-refractivity contribution in [3.05, 3.63) is 60.2 Å². The molecule has 4 amide bonds. The maximum Gasteiger partial charge on any atom is 0.255 e. The predicted molar refractivity (Wildman–Crippen MR) is 80.5 cm³/mol. The molecule has 0 aliphatic carbocycles. The molecule has 0 saturated carbocycles. The van der Waals surface area contributed by atoms with Gasteiger partial charge < -0.3 is 0 Å². The van der Waals surface area contributed by atoms with E-state index in [1.165, 1.54) is 0 Å². The smallest absolute Gasteiger partial charge is 0.255 e. The van der Waals surface area contributed by atoms with E-state index < -0.39 is 29.8 Å². The number of benzene rings is 1. The van der Waals surface area contributed by atoms with Crippen LogP contribution >= 0.6 is 0 Å². The van der Waals surface area contributed by atoms with Gasteiger partial charge in [-0.2, -0.15) is 0 Å². The lowest BCUT2D eigenvalue weighted by Crippen LogP contribution is -2.53. The van der Waals surface area contributed by atoms with E-state index in [0.29, 0.717) is 12.8 Å². The van der Waals surface area contributed by atoms with Crippen LogP contribution in [0.3, 0.4) is 0 Å². The van der Waals surface area contributed by atoms with Crippen LogP contribution in [0.2, 0.25) is 0 Å². The van der Waals surface area contributed by atoms with Gasteiger partial charge in [-0.05, 0) is 18.4 Å². The molecule has 0 aromatic heterocycles. The number of hydrogen-bond acceptors (Lipinski definition) is 4. The van der Waals surface area contributed by atoms with Gasteiger partial charge in [0.2, 0.25) is 0 Å². The molecule has 0 fully saturated rings. The van der Waals surface area contributed by atoms with Crippen molar-refractivity contribution in [2.24, 2.45) is 0 Å². The van der Waals surface area contributed by atoms with E-state index in [1.807, 2.05) is 30.3 Å². The summed E-state index contributed by atoms with van der Waals surface area (Å²) in [7, 11) is 0. The maximum atomic E-state index is 12.0. The van der Waals surface area contributed by atoms with Crippen molar-refractivity contribution in [1.29, 1.82) is 0 Å². The monoisotopic (exact) mass is 310 g/mol. The molecule has 0 saturated heterocycles. The molecule has 0 atom stereocenters. The number of nitrogens with zero attached hydrogens (tertiary/aromatic N) is 2. The summed E-state index contributed by atoms with van der Waals surface area (Å²) < 4.78 is 0. The van der Waals surface area contributed by atoms with Crippen molar-refractivity contribution in [3.8, 4) is 0 Å². The largest absolute Gasteiger partial charge is 0.269 e. The second-order valence-corrected chi connectivity index (χ2v) is 5.26. The summed E-state index contributed by atoms with van der Waals surface area (Å²) in [5.74, 6) is -2.05. The minimum atomic E-state index is -0.916. The highest BCUT2D eigenvalue weighted by molar-refractivity contribution is 6.16. The Balaban J connectivity index is 1.85. The summed E-state index contributed by atoms with van der Waals surface area (Å²) in [5, 5.41) is 0. The first kappa shape index (κ1) is 14.9. The van der Waals surface area contributed by atoms with E-state index in [-0.39, 0.29) is 0 Å². The topological polar surface area (TPSA) is 74.8 Å². The average molecular weight is 310 g/mol. The molecule has 3 rings (SSSR count). The molecule has 1 aromatic rings. The standard InChI is InChI=1S/C17H14N2O4/c20-14-8-9-15(21)18(14)13(19-16(22)10-11-17(19)23)7-6-12-4-2-1-3-5-12/h1-5,8-11,13H,6-7H2. The van der Waals surface area contributed by atoms with Gasteiger partial charge >= 0.3 is 0 Å². The number of aryl methyl sites for hydroxylation is 1. The SMILES string of the molecule is O=C1C=CC(=O)N1C(CCc1ccccc1)N1C(=O)C=CC1=O. The Morgan fingerprint density at radius 2 is 1.13 bits per heavy atom. The molecule has 6 nitrogen and oxygen atoms in total. The third kappa shape index (κ3) is 2.83. The first-order chi connectivity index (χ1) is 11.1. The minimum absolute atomic E-state index is 0.294. The molecule has 6 heteroatoms. The van der Waals surface area contributed by atoms with Crippen LogP contribution in [0, 0.1) is 0 Å². The van der Waals surface area contributed by atoms with Crippen LogP contribution in [-0.2, 0) is 25.6 Å². The predicted octanol–water partition coefficient (Wildman–Crippen LogP) is 0.795. The van der Waals surface area contributed by atoms with Crippen molar-refractivity contribution in [2.45, 2.75) is 19.0 Å². The molecule has 0 N–H and O–H groups in total. The lowest BCUT2D eigenvalue weighted by molar-refractivity contribution is -0.152. The summed E-state index contributed by atoms with van der Waals surface area (Å²) in [6, 6.07) is 9.47. The Bertz CT molecular complexity index is 658. The van der Waals surface area contributed by atoms with Gasteiger partial charge in [0.1, 0.15) is 6.17 Å². The van der Waals surface area contributed by atoms with E-state index in [4.69, 9.17) is 0 Å². The van der Waals surface area contributed by atoms with E-state index in [0.717, 1.165) is 39.7 Å². The van der Waals surface area contributed by atoms with E-state index >= 15 is 0 Å². The average Bonchev–Trinajstić information content (AvgIpc) is 3.05. The highest BCUT2D eigenvalue weighted by Crippen LogP contribution is 2.21. The Morgan fingerprint density at radius 1 is 0.696 bits per heavy atom. The zero-order chi connectivity index (χ0) is 16.4. The lowest BCUT2D eigenvalue weighted by Gasteiger charge is -2.32. The molecule has 0 spiro atoms. The number of hydrogen-bond donors (Lipinski definition) is 0. The second-order valence-electron chi connectivity index (χ2n) is 5.26. The molecule has 2 heterocycles. The summed E-state index contributed by atoms with van der Waals surface area (Å²) in [6.45, 7) is 0. The maximum absolute atomic E-state index is 12.0. The first-order valence-electron chi connectivity index (χ1n) is 7.22. The molecule has 0 unspecified atom stereocenters. The minimum Gasteiger partial charge on any atom is -0.269 e. The van der Waals surface area contributed by atoms with Crippen LogP contribution < -0.4 is 0 Å². The fraction of sp³-hybridized carbons (Fsp3) is 0.176. The number of imide groups is 2.